The van der Waals surface area contributed by atoms with Gasteiger partial charge in [0, 0.05) is 31.4 Å². The van der Waals surface area contributed by atoms with Crippen molar-refractivity contribution >= 4 is 21.6 Å². The van der Waals surface area contributed by atoms with Crippen LogP contribution in [0.2, 0.25) is 0 Å². The van der Waals surface area contributed by atoms with Gasteiger partial charge in [0.1, 0.15) is 11.7 Å². The Balaban J connectivity index is 1.49. The molecule has 4 rings (SSSR count). The van der Waals surface area contributed by atoms with Gasteiger partial charge in [-0.15, -0.1) is 0 Å². The van der Waals surface area contributed by atoms with E-state index in [1.807, 2.05) is 32.9 Å². The van der Waals surface area contributed by atoms with E-state index in [-0.39, 0.29) is 21.4 Å². The number of nitrogens with zero attached hydrogens (tertiary/aromatic N) is 3. The summed E-state index contributed by atoms with van der Waals surface area (Å²) in [6.07, 6.45) is 2.18. The fourth-order valence-corrected chi connectivity index (χ4v) is 6.02. The summed E-state index contributed by atoms with van der Waals surface area (Å²) in [7, 11) is -3.78. The van der Waals surface area contributed by atoms with Crippen molar-refractivity contribution in [3.63, 3.8) is 0 Å². The third-order valence-electron chi connectivity index (χ3n) is 6.15. The molecule has 0 atom stereocenters. The van der Waals surface area contributed by atoms with Crippen LogP contribution in [0.3, 0.4) is 0 Å². The molecule has 2 aromatic carbocycles. The van der Waals surface area contributed by atoms with Crippen LogP contribution < -0.4 is 4.90 Å². The summed E-state index contributed by atoms with van der Waals surface area (Å²) in [5, 5.41) is 9.32. The summed E-state index contributed by atoms with van der Waals surface area (Å²) in [4.78, 5) is 16.7. The molecule has 0 aliphatic carbocycles. The average Bonchev–Trinajstić information content (AvgIpc) is 3.21. The maximum Gasteiger partial charge on any atom is 0.410 e. The molecule has 2 aliphatic heterocycles. The maximum atomic E-state index is 13.2. The Kier molecular flexibility index (Phi) is 6.10. The Morgan fingerprint density at radius 1 is 1.09 bits per heavy atom. The van der Waals surface area contributed by atoms with Crippen molar-refractivity contribution in [1.29, 1.82) is 5.26 Å². The zero-order chi connectivity index (χ0) is 23.8. The number of hydrogen-bond donors (Lipinski definition) is 0. The maximum absolute atomic E-state index is 13.2. The van der Waals surface area contributed by atoms with E-state index in [1.54, 1.807) is 29.2 Å². The molecule has 1 saturated heterocycles. The van der Waals surface area contributed by atoms with Gasteiger partial charge in [0.25, 0.3) is 0 Å². The average molecular weight is 468 g/mol. The van der Waals surface area contributed by atoms with Crippen molar-refractivity contribution in [3.8, 4) is 6.07 Å². The normalized spacial score (nSPS) is 16.9. The number of amides is 1. The molecule has 33 heavy (non-hydrogen) atoms. The molecule has 1 amide bonds. The number of fused-ring (bicyclic) bond motifs is 1. The molecule has 2 heterocycles. The van der Waals surface area contributed by atoms with Crippen LogP contribution in [0.15, 0.2) is 52.3 Å². The molecule has 7 nitrogen and oxygen atoms in total. The highest BCUT2D eigenvalue weighted by molar-refractivity contribution is 7.91. The molecule has 8 heteroatoms. The molecule has 0 saturated carbocycles. The number of hydrogen-bond acceptors (Lipinski definition) is 6. The van der Waals surface area contributed by atoms with Crippen LogP contribution in [0, 0.1) is 11.3 Å². The van der Waals surface area contributed by atoms with Gasteiger partial charge in [-0.2, -0.15) is 5.26 Å². The van der Waals surface area contributed by atoms with E-state index in [1.165, 1.54) is 12.1 Å². The first-order chi connectivity index (χ1) is 15.6. The van der Waals surface area contributed by atoms with Crippen molar-refractivity contribution in [2.75, 3.05) is 24.5 Å². The molecule has 0 aromatic heterocycles. The second kappa shape index (κ2) is 8.71. The highest BCUT2D eigenvalue weighted by atomic mass is 32.2. The number of nitriles is 1. The number of rotatable bonds is 3. The SMILES string of the molecule is CC(C)(C)OC(=O)N1CCC(N2CCc3cc(S(=O)(=O)c4ccccc4C#N)ccc32)CC1. The molecule has 174 valence electrons. The van der Waals surface area contributed by atoms with Gasteiger partial charge in [-0.3, -0.25) is 0 Å². The van der Waals surface area contributed by atoms with Gasteiger partial charge in [-0.25, -0.2) is 13.2 Å². The first kappa shape index (κ1) is 23.1. The van der Waals surface area contributed by atoms with Gasteiger partial charge in [-0.05, 0) is 75.9 Å². The Morgan fingerprint density at radius 3 is 2.45 bits per heavy atom. The van der Waals surface area contributed by atoms with E-state index in [0.29, 0.717) is 19.1 Å². The van der Waals surface area contributed by atoms with Gasteiger partial charge in [0.05, 0.1) is 15.4 Å². The number of ether oxygens (including phenoxy) is 1. The number of likely N-dealkylation sites (tertiary alicyclic amines) is 1. The minimum Gasteiger partial charge on any atom is -0.444 e. The molecule has 0 radical (unpaired) electrons. The van der Waals surface area contributed by atoms with E-state index in [2.05, 4.69) is 4.90 Å². The van der Waals surface area contributed by atoms with E-state index in [4.69, 9.17) is 4.74 Å². The number of carbonyl (C=O) groups excluding carboxylic acids is 1. The quantitative estimate of drug-likeness (QED) is 0.673. The van der Waals surface area contributed by atoms with Gasteiger partial charge in [0.2, 0.25) is 9.84 Å². The first-order valence-corrected chi connectivity index (χ1v) is 12.7. The van der Waals surface area contributed by atoms with Crippen LogP contribution in [0.1, 0.15) is 44.7 Å². The van der Waals surface area contributed by atoms with Gasteiger partial charge >= 0.3 is 6.09 Å². The molecular weight excluding hydrogens is 438 g/mol. The lowest BCUT2D eigenvalue weighted by Crippen LogP contribution is -2.47. The minimum atomic E-state index is -3.78. The Hall–Kier alpha value is -3.05. The minimum absolute atomic E-state index is 0.0387. The van der Waals surface area contributed by atoms with E-state index >= 15 is 0 Å². The molecule has 2 aliphatic rings. The lowest BCUT2D eigenvalue weighted by molar-refractivity contribution is 0.0205. The zero-order valence-electron chi connectivity index (χ0n) is 19.2. The summed E-state index contributed by atoms with van der Waals surface area (Å²) >= 11 is 0. The number of piperidine rings is 1. The van der Waals surface area contributed by atoms with Crippen molar-refractivity contribution in [3.05, 3.63) is 53.6 Å². The van der Waals surface area contributed by atoms with Crippen molar-refractivity contribution < 1.29 is 17.9 Å². The predicted octanol–water partition coefficient (Wildman–Crippen LogP) is 4.15. The predicted molar refractivity (Wildman–Crippen MR) is 125 cm³/mol. The fourth-order valence-electron chi connectivity index (χ4n) is 4.56. The lowest BCUT2D eigenvalue weighted by atomic mass is 10.0. The molecule has 0 N–H and O–H groups in total. The summed E-state index contributed by atoms with van der Waals surface area (Å²) in [5.41, 5.74) is 1.70. The monoisotopic (exact) mass is 467 g/mol. The Labute approximate surface area is 195 Å². The van der Waals surface area contributed by atoms with Crippen LogP contribution in [0.4, 0.5) is 10.5 Å². The number of carbonyl (C=O) groups is 1. The summed E-state index contributed by atoms with van der Waals surface area (Å²) in [6.45, 7) is 7.71. The van der Waals surface area contributed by atoms with Crippen LogP contribution in [-0.4, -0.2) is 50.7 Å². The first-order valence-electron chi connectivity index (χ1n) is 11.2. The Bertz CT molecular complexity index is 1200. The highest BCUT2D eigenvalue weighted by Gasteiger charge is 2.33. The van der Waals surface area contributed by atoms with Gasteiger partial charge in [0.15, 0.2) is 0 Å². The van der Waals surface area contributed by atoms with E-state index < -0.39 is 15.4 Å². The topological polar surface area (TPSA) is 90.7 Å². The second-order valence-electron chi connectivity index (χ2n) is 9.54. The highest BCUT2D eigenvalue weighted by Crippen LogP contribution is 2.36. The van der Waals surface area contributed by atoms with Crippen molar-refractivity contribution in [2.45, 2.75) is 61.5 Å². The molecule has 2 aromatic rings. The van der Waals surface area contributed by atoms with Crippen LogP contribution >= 0.6 is 0 Å². The van der Waals surface area contributed by atoms with Crippen LogP contribution in [0.25, 0.3) is 0 Å². The third-order valence-corrected chi connectivity index (χ3v) is 7.96. The van der Waals surface area contributed by atoms with Crippen molar-refractivity contribution in [1.82, 2.24) is 4.90 Å². The number of sulfone groups is 1. The summed E-state index contributed by atoms with van der Waals surface area (Å²) < 4.78 is 31.9. The summed E-state index contributed by atoms with van der Waals surface area (Å²) in [5.74, 6) is 0. The van der Waals surface area contributed by atoms with Gasteiger partial charge < -0.3 is 14.5 Å². The van der Waals surface area contributed by atoms with Crippen molar-refractivity contribution in [2.24, 2.45) is 0 Å². The second-order valence-corrected chi connectivity index (χ2v) is 11.5. The summed E-state index contributed by atoms with van der Waals surface area (Å²) in [6, 6.07) is 13.8. The molecule has 1 fully saturated rings. The fraction of sp³-hybridized carbons (Fsp3) is 0.440. The molecule has 0 unspecified atom stereocenters. The number of anilines is 1. The zero-order valence-corrected chi connectivity index (χ0v) is 20.1. The molecule has 0 bridgehead atoms. The van der Waals surface area contributed by atoms with Crippen LogP contribution in [0.5, 0.6) is 0 Å². The lowest BCUT2D eigenvalue weighted by Gasteiger charge is -2.38. The smallest absolute Gasteiger partial charge is 0.410 e. The van der Waals surface area contributed by atoms with Crippen LogP contribution in [-0.2, 0) is 21.0 Å². The Morgan fingerprint density at radius 2 is 1.79 bits per heavy atom. The third kappa shape index (κ3) is 4.69. The molecular formula is C25H29N3O4S. The van der Waals surface area contributed by atoms with E-state index in [0.717, 1.165) is 37.1 Å². The molecule has 0 spiro atoms. The number of benzene rings is 2. The van der Waals surface area contributed by atoms with E-state index in [9.17, 15) is 18.5 Å². The standard InChI is InChI=1S/C25H29N3O4S/c1-25(2,3)32-24(29)27-13-11-20(12-14-27)28-15-10-18-16-21(8-9-22(18)28)33(30,31)23-7-5-4-6-19(23)17-26/h4-9,16,20H,10-15H2,1-3H3. The van der Waals surface area contributed by atoms with Gasteiger partial charge in [-0.1, -0.05) is 12.1 Å². The largest absolute Gasteiger partial charge is 0.444 e.